The predicted octanol–water partition coefficient (Wildman–Crippen LogP) is 5.13. The van der Waals surface area contributed by atoms with Gasteiger partial charge in [0.25, 0.3) is 5.91 Å². The molecular formula is C25H25N3O3. The number of rotatable bonds is 5. The largest absolute Gasteiger partial charge is 0.496 e. The lowest BCUT2D eigenvalue weighted by molar-refractivity contribution is 0.102. The molecule has 6 nitrogen and oxygen atoms in total. The van der Waals surface area contributed by atoms with E-state index in [1.807, 2.05) is 74.0 Å². The number of aromatic nitrogens is 2. The second-order valence-corrected chi connectivity index (χ2v) is 7.49. The van der Waals surface area contributed by atoms with E-state index in [2.05, 4.69) is 5.32 Å². The van der Waals surface area contributed by atoms with E-state index in [-0.39, 0.29) is 5.91 Å². The van der Waals surface area contributed by atoms with Gasteiger partial charge in [0.05, 0.1) is 25.3 Å². The van der Waals surface area contributed by atoms with Crippen molar-refractivity contribution in [1.29, 1.82) is 0 Å². The Morgan fingerprint density at radius 2 is 1.65 bits per heavy atom. The van der Waals surface area contributed by atoms with Crippen molar-refractivity contribution in [2.45, 2.75) is 13.8 Å². The maximum Gasteiger partial charge on any atom is 0.255 e. The quantitative estimate of drug-likeness (QED) is 0.491. The van der Waals surface area contributed by atoms with E-state index in [0.29, 0.717) is 22.9 Å². The zero-order valence-electron chi connectivity index (χ0n) is 18.3. The van der Waals surface area contributed by atoms with Crippen molar-refractivity contribution >= 4 is 22.6 Å². The Bertz CT molecular complexity index is 1270. The summed E-state index contributed by atoms with van der Waals surface area (Å²) in [6, 6.07) is 17.0. The third-order valence-electron chi connectivity index (χ3n) is 5.56. The summed E-state index contributed by atoms with van der Waals surface area (Å²) in [6.07, 6.45) is 0. The molecule has 0 fully saturated rings. The average molecular weight is 415 g/mol. The third kappa shape index (κ3) is 3.72. The van der Waals surface area contributed by atoms with Crippen LogP contribution in [0.15, 0.2) is 54.6 Å². The van der Waals surface area contributed by atoms with Gasteiger partial charge >= 0.3 is 0 Å². The number of hydrogen-bond donors (Lipinski definition) is 1. The summed E-state index contributed by atoms with van der Waals surface area (Å²) in [4.78, 5) is 17.6. The van der Waals surface area contributed by atoms with E-state index in [0.717, 1.165) is 27.8 Å². The normalized spacial score (nSPS) is 10.9. The lowest BCUT2D eigenvalue weighted by Gasteiger charge is -2.12. The molecule has 0 radical (unpaired) electrons. The zero-order valence-corrected chi connectivity index (χ0v) is 18.3. The van der Waals surface area contributed by atoms with Gasteiger partial charge in [0, 0.05) is 18.3 Å². The highest BCUT2D eigenvalue weighted by Crippen LogP contribution is 2.38. The average Bonchev–Trinajstić information content (AvgIpc) is 3.11. The molecule has 3 aromatic carbocycles. The van der Waals surface area contributed by atoms with Crippen LogP contribution in [0.3, 0.4) is 0 Å². The summed E-state index contributed by atoms with van der Waals surface area (Å²) in [6.45, 7) is 4.08. The van der Waals surface area contributed by atoms with E-state index in [9.17, 15) is 4.79 Å². The molecule has 158 valence electrons. The summed E-state index contributed by atoms with van der Waals surface area (Å²) in [5, 5.41) is 2.98. The number of imidazole rings is 1. The minimum absolute atomic E-state index is 0.164. The first-order valence-electron chi connectivity index (χ1n) is 9.99. The lowest BCUT2D eigenvalue weighted by Crippen LogP contribution is -2.12. The number of benzene rings is 3. The minimum atomic E-state index is -0.164. The molecule has 4 aromatic rings. The molecule has 0 bridgehead atoms. The smallest absolute Gasteiger partial charge is 0.255 e. The second kappa shape index (κ2) is 8.14. The summed E-state index contributed by atoms with van der Waals surface area (Å²) >= 11 is 0. The van der Waals surface area contributed by atoms with Gasteiger partial charge in [-0.2, -0.15) is 0 Å². The van der Waals surface area contributed by atoms with Gasteiger partial charge in [0.1, 0.15) is 22.9 Å². The third-order valence-corrected chi connectivity index (χ3v) is 5.56. The van der Waals surface area contributed by atoms with Gasteiger partial charge in [-0.15, -0.1) is 0 Å². The van der Waals surface area contributed by atoms with E-state index >= 15 is 0 Å². The molecule has 0 aliphatic rings. The topological polar surface area (TPSA) is 65.4 Å². The number of amides is 1. The molecule has 31 heavy (non-hydrogen) atoms. The Labute approximate surface area is 181 Å². The number of anilines is 1. The molecule has 0 saturated carbocycles. The number of carbonyl (C=O) groups is 1. The Morgan fingerprint density at radius 3 is 2.29 bits per heavy atom. The van der Waals surface area contributed by atoms with Crippen molar-refractivity contribution in [3.8, 4) is 22.9 Å². The van der Waals surface area contributed by atoms with Crippen molar-refractivity contribution in [3.05, 3.63) is 71.3 Å². The Kier molecular flexibility index (Phi) is 5.38. The van der Waals surface area contributed by atoms with Crippen LogP contribution in [0.25, 0.3) is 22.4 Å². The van der Waals surface area contributed by atoms with Gasteiger partial charge in [-0.1, -0.05) is 12.1 Å². The van der Waals surface area contributed by atoms with Crippen molar-refractivity contribution in [3.63, 3.8) is 0 Å². The molecule has 0 atom stereocenters. The van der Waals surface area contributed by atoms with Gasteiger partial charge in [-0.25, -0.2) is 4.98 Å². The van der Waals surface area contributed by atoms with E-state index in [1.54, 1.807) is 20.3 Å². The Balaban J connectivity index is 1.74. The molecule has 0 saturated heterocycles. The number of carbonyl (C=O) groups excluding carboxylic acids is 1. The van der Waals surface area contributed by atoms with Crippen LogP contribution >= 0.6 is 0 Å². The highest BCUT2D eigenvalue weighted by molar-refractivity contribution is 6.06. The fourth-order valence-corrected chi connectivity index (χ4v) is 3.65. The highest BCUT2D eigenvalue weighted by Gasteiger charge is 2.19. The summed E-state index contributed by atoms with van der Waals surface area (Å²) < 4.78 is 13.0. The number of nitrogens with one attached hydrogen (secondary N) is 1. The van der Waals surface area contributed by atoms with E-state index in [1.165, 1.54) is 5.56 Å². The van der Waals surface area contributed by atoms with Crippen LogP contribution in [0.1, 0.15) is 21.5 Å². The first-order chi connectivity index (χ1) is 14.9. The summed E-state index contributed by atoms with van der Waals surface area (Å²) in [5.74, 6) is 1.88. The van der Waals surface area contributed by atoms with Crippen LogP contribution in [0.4, 0.5) is 5.69 Å². The molecule has 1 amide bonds. The number of nitrogens with zero attached hydrogens (tertiary/aromatic N) is 2. The molecule has 0 aliphatic carbocycles. The van der Waals surface area contributed by atoms with Crippen LogP contribution in [-0.2, 0) is 7.05 Å². The van der Waals surface area contributed by atoms with Gasteiger partial charge in [0.2, 0.25) is 0 Å². The minimum Gasteiger partial charge on any atom is -0.496 e. The molecule has 1 N–H and O–H groups in total. The number of aryl methyl sites for hydroxylation is 3. The van der Waals surface area contributed by atoms with E-state index < -0.39 is 0 Å². The van der Waals surface area contributed by atoms with Gasteiger partial charge < -0.3 is 19.4 Å². The molecule has 6 heteroatoms. The molecule has 0 aliphatic heterocycles. The van der Waals surface area contributed by atoms with Crippen LogP contribution in [0, 0.1) is 13.8 Å². The predicted molar refractivity (Wildman–Crippen MR) is 123 cm³/mol. The first kappa shape index (κ1) is 20.5. The van der Waals surface area contributed by atoms with Crippen LogP contribution < -0.4 is 14.8 Å². The highest BCUT2D eigenvalue weighted by atomic mass is 16.5. The Morgan fingerprint density at radius 1 is 0.935 bits per heavy atom. The molecule has 0 spiro atoms. The van der Waals surface area contributed by atoms with Crippen molar-refractivity contribution in [2.24, 2.45) is 7.05 Å². The van der Waals surface area contributed by atoms with E-state index in [4.69, 9.17) is 14.5 Å². The van der Waals surface area contributed by atoms with Crippen LogP contribution in [0.5, 0.6) is 11.5 Å². The SMILES string of the molecule is COc1cccc(OC)c1-c1nc2ccc(C(=O)Nc3ccc(C)c(C)c3)cc2n1C. The maximum atomic E-state index is 12.9. The molecule has 0 unspecified atom stereocenters. The van der Waals surface area contributed by atoms with Crippen molar-refractivity contribution in [1.82, 2.24) is 9.55 Å². The number of methoxy groups -OCH3 is 2. The number of fused-ring (bicyclic) bond motifs is 1. The first-order valence-corrected chi connectivity index (χ1v) is 9.99. The Hall–Kier alpha value is -3.80. The van der Waals surface area contributed by atoms with Gasteiger partial charge in [-0.3, -0.25) is 4.79 Å². The molecule has 1 heterocycles. The lowest BCUT2D eigenvalue weighted by atomic mass is 10.1. The molecule has 1 aromatic heterocycles. The van der Waals surface area contributed by atoms with Crippen LogP contribution in [0.2, 0.25) is 0 Å². The maximum absolute atomic E-state index is 12.9. The standard InChI is InChI=1S/C25H25N3O3/c1-15-9-11-18(13-16(15)2)26-25(29)17-10-12-19-20(14-17)28(3)24(27-19)23-21(30-4)7-6-8-22(23)31-5/h6-14H,1-5H3,(H,26,29). The van der Waals surface area contributed by atoms with Crippen LogP contribution in [-0.4, -0.2) is 29.7 Å². The van der Waals surface area contributed by atoms with Gasteiger partial charge in [0.15, 0.2) is 0 Å². The monoisotopic (exact) mass is 415 g/mol. The second-order valence-electron chi connectivity index (χ2n) is 7.49. The number of ether oxygens (including phenoxy) is 2. The zero-order chi connectivity index (χ0) is 22.1. The number of hydrogen-bond acceptors (Lipinski definition) is 4. The summed E-state index contributed by atoms with van der Waals surface area (Å²) in [5.41, 5.74) is 6.06. The molecular weight excluding hydrogens is 390 g/mol. The fraction of sp³-hybridized carbons (Fsp3) is 0.200. The van der Waals surface area contributed by atoms with Gasteiger partial charge in [-0.05, 0) is 67.4 Å². The van der Waals surface area contributed by atoms with Crippen molar-refractivity contribution < 1.29 is 14.3 Å². The fourth-order valence-electron chi connectivity index (χ4n) is 3.65. The molecule has 4 rings (SSSR count). The summed E-state index contributed by atoms with van der Waals surface area (Å²) in [7, 11) is 5.16. The van der Waals surface area contributed by atoms with Crippen molar-refractivity contribution in [2.75, 3.05) is 19.5 Å².